The van der Waals surface area contributed by atoms with Crippen molar-refractivity contribution in [2.75, 3.05) is 20.3 Å². The fourth-order valence-corrected chi connectivity index (χ4v) is 0.694. The minimum atomic E-state index is -0.347. The standard InChI is InChI=1S/C5H8O2.C5H10O/c1-4(2)5(6)7-3;1-2-5-3-6-4-5/h1H2,2-3H3;5H,2-4H2,1H3. The Morgan fingerprint density at radius 3 is 2.15 bits per heavy atom. The van der Waals surface area contributed by atoms with Gasteiger partial charge in [-0.15, -0.1) is 0 Å². The van der Waals surface area contributed by atoms with Crippen molar-refractivity contribution in [3.63, 3.8) is 0 Å². The molecule has 1 rings (SSSR count). The summed E-state index contributed by atoms with van der Waals surface area (Å²) in [5.41, 5.74) is 0.433. The van der Waals surface area contributed by atoms with E-state index in [1.807, 2.05) is 0 Å². The molecule has 3 heteroatoms. The Kier molecular flexibility index (Phi) is 6.24. The Bertz CT molecular complexity index is 168. The summed E-state index contributed by atoms with van der Waals surface area (Å²) in [7, 11) is 1.33. The first kappa shape index (κ1) is 12.2. The molecule has 0 radical (unpaired) electrons. The Morgan fingerprint density at radius 2 is 2.15 bits per heavy atom. The van der Waals surface area contributed by atoms with Crippen LogP contribution in [0.5, 0.6) is 0 Å². The van der Waals surface area contributed by atoms with Crippen molar-refractivity contribution in [1.82, 2.24) is 0 Å². The lowest BCUT2D eigenvalue weighted by molar-refractivity contribution is -0.136. The van der Waals surface area contributed by atoms with Crippen molar-refractivity contribution >= 4 is 5.97 Å². The summed E-state index contributed by atoms with van der Waals surface area (Å²) in [5, 5.41) is 0. The van der Waals surface area contributed by atoms with Gasteiger partial charge in [-0.05, 0) is 13.3 Å². The second-order valence-corrected chi connectivity index (χ2v) is 3.08. The predicted molar refractivity (Wildman–Crippen MR) is 51.4 cm³/mol. The lowest BCUT2D eigenvalue weighted by Crippen LogP contribution is -2.26. The van der Waals surface area contributed by atoms with Gasteiger partial charge in [0.15, 0.2) is 0 Å². The van der Waals surface area contributed by atoms with Crippen molar-refractivity contribution in [3.8, 4) is 0 Å². The highest BCUT2D eigenvalue weighted by Gasteiger charge is 2.14. The van der Waals surface area contributed by atoms with Crippen molar-refractivity contribution in [2.24, 2.45) is 5.92 Å². The number of rotatable bonds is 2. The van der Waals surface area contributed by atoms with Gasteiger partial charge in [-0.1, -0.05) is 13.5 Å². The number of hydrogen-bond acceptors (Lipinski definition) is 3. The Balaban J connectivity index is 0.000000223. The van der Waals surface area contributed by atoms with E-state index in [4.69, 9.17) is 4.74 Å². The third kappa shape index (κ3) is 5.42. The van der Waals surface area contributed by atoms with Gasteiger partial charge in [-0.3, -0.25) is 0 Å². The molecule has 1 saturated heterocycles. The topological polar surface area (TPSA) is 35.5 Å². The van der Waals surface area contributed by atoms with Crippen LogP contribution in [0.25, 0.3) is 0 Å². The zero-order valence-electron chi connectivity index (χ0n) is 8.63. The van der Waals surface area contributed by atoms with Crippen LogP contribution in [0.2, 0.25) is 0 Å². The van der Waals surface area contributed by atoms with Gasteiger partial charge in [0.05, 0.1) is 20.3 Å². The maximum absolute atomic E-state index is 10.2. The Labute approximate surface area is 79.7 Å². The minimum Gasteiger partial charge on any atom is -0.466 e. The third-order valence-electron chi connectivity index (χ3n) is 1.82. The molecule has 0 bridgehead atoms. The van der Waals surface area contributed by atoms with E-state index in [1.165, 1.54) is 13.5 Å². The minimum absolute atomic E-state index is 0.347. The Hall–Kier alpha value is -0.830. The molecule has 0 atom stereocenters. The smallest absolute Gasteiger partial charge is 0.332 e. The van der Waals surface area contributed by atoms with Crippen LogP contribution in [0.15, 0.2) is 12.2 Å². The van der Waals surface area contributed by atoms with Crippen LogP contribution in [0.1, 0.15) is 20.3 Å². The number of methoxy groups -OCH3 is 1. The first-order valence-electron chi connectivity index (χ1n) is 4.43. The molecule has 13 heavy (non-hydrogen) atoms. The van der Waals surface area contributed by atoms with Gasteiger partial charge in [-0.2, -0.15) is 0 Å². The van der Waals surface area contributed by atoms with E-state index in [9.17, 15) is 4.79 Å². The van der Waals surface area contributed by atoms with Crippen LogP contribution < -0.4 is 0 Å². The van der Waals surface area contributed by atoms with Crippen LogP contribution >= 0.6 is 0 Å². The fraction of sp³-hybridized carbons (Fsp3) is 0.700. The summed E-state index contributed by atoms with van der Waals surface area (Å²) in [6, 6.07) is 0. The number of hydrogen-bond donors (Lipinski definition) is 0. The molecule has 0 amide bonds. The lowest BCUT2D eigenvalue weighted by Gasteiger charge is -2.23. The summed E-state index contributed by atoms with van der Waals surface area (Å²) in [6.45, 7) is 9.18. The second kappa shape index (κ2) is 6.66. The molecule has 1 aliphatic heterocycles. The van der Waals surface area contributed by atoms with E-state index in [-0.39, 0.29) is 5.97 Å². The highest BCUT2D eigenvalue weighted by Crippen LogP contribution is 2.12. The number of ether oxygens (including phenoxy) is 2. The summed E-state index contributed by atoms with van der Waals surface area (Å²) in [5.74, 6) is 0.546. The highest BCUT2D eigenvalue weighted by molar-refractivity contribution is 5.86. The monoisotopic (exact) mass is 186 g/mol. The molecule has 0 saturated carbocycles. The summed E-state index contributed by atoms with van der Waals surface area (Å²) >= 11 is 0. The molecule has 0 aliphatic carbocycles. The van der Waals surface area contributed by atoms with Crippen LogP contribution in [0.4, 0.5) is 0 Å². The van der Waals surface area contributed by atoms with Crippen LogP contribution in [0, 0.1) is 5.92 Å². The van der Waals surface area contributed by atoms with Crippen molar-refractivity contribution in [1.29, 1.82) is 0 Å². The molecule has 0 unspecified atom stereocenters. The van der Waals surface area contributed by atoms with Crippen molar-refractivity contribution in [2.45, 2.75) is 20.3 Å². The normalized spacial score (nSPS) is 15.0. The molecule has 76 valence electrons. The maximum atomic E-state index is 10.2. The lowest BCUT2D eigenvalue weighted by atomic mass is 10.1. The molecule has 0 aromatic heterocycles. The Morgan fingerprint density at radius 1 is 1.62 bits per heavy atom. The largest absolute Gasteiger partial charge is 0.466 e. The number of esters is 1. The van der Waals surface area contributed by atoms with Gasteiger partial charge in [-0.25, -0.2) is 4.79 Å². The maximum Gasteiger partial charge on any atom is 0.332 e. The SMILES string of the molecule is C=C(C)C(=O)OC.CCC1COC1. The molecule has 3 nitrogen and oxygen atoms in total. The highest BCUT2D eigenvalue weighted by atomic mass is 16.5. The first-order valence-corrected chi connectivity index (χ1v) is 4.43. The average molecular weight is 186 g/mol. The van der Waals surface area contributed by atoms with Gasteiger partial charge in [0.1, 0.15) is 0 Å². The van der Waals surface area contributed by atoms with E-state index in [0.29, 0.717) is 5.57 Å². The van der Waals surface area contributed by atoms with E-state index in [2.05, 4.69) is 18.2 Å². The predicted octanol–water partition coefficient (Wildman–Crippen LogP) is 1.78. The van der Waals surface area contributed by atoms with Crippen molar-refractivity contribution < 1.29 is 14.3 Å². The molecule has 1 heterocycles. The number of carbonyl (C=O) groups is 1. The van der Waals surface area contributed by atoms with Crippen LogP contribution in [0.3, 0.4) is 0 Å². The van der Waals surface area contributed by atoms with Gasteiger partial charge in [0, 0.05) is 11.5 Å². The van der Waals surface area contributed by atoms with Gasteiger partial charge in [0.25, 0.3) is 0 Å². The summed E-state index contributed by atoms with van der Waals surface area (Å²) in [6.07, 6.45) is 1.29. The quantitative estimate of drug-likeness (QED) is 0.487. The van der Waals surface area contributed by atoms with Crippen LogP contribution in [-0.4, -0.2) is 26.3 Å². The molecular weight excluding hydrogens is 168 g/mol. The van der Waals surface area contributed by atoms with Gasteiger partial charge < -0.3 is 9.47 Å². The zero-order valence-corrected chi connectivity index (χ0v) is 8.63. The molecule has 0 N–H and O–H groups in total. The van der Waals surface area contributed by atoms with E-state index >= 15 is 0 Å². The van der Waals surface area contributed by atoms with E-state index in [1.54, 1.807) is 6.92 Å². The molecular formula is C10H18O3. The summed E-state index contributed by atoms with van der Waals surface area (Å²) < 4.78 is 9.20. The second-order valence-electron chi connectivity index (χ2n) is 3.08. The third-order valence-corrected chi connectivity index (χ3v) is 1.82. The first-order chi connectivity index (χ1) is 6.11. The fourth-order valence-electron chi connectivity index (χ4n) is 0.694. The molecule has 1 fully saturated rings. The van der Waals surface area contributed by atoms with Crippen molar-refractivity contribution in [3.05, 3.63) is 12.2 Å². The van der Waals surface area contributed by atoms with Gasteiger partial charge in [0.2, 0.25) is 0 Å². The number of carbonyl (C=O) groups excluding carboxylic acids is 1. The average Bonchev–Trinajstić information content (AvgIpc) is 2.02. The summed E-state index contributed by atoms with van der Waals surface area (Å²) in [4.78, 5) is 10.2. The molecule has 0 spiro atoms. The molecule has 0 aromatic carbocycles. The van der Waals surface area contributed by atoms with E-state index < -0.39 is 0 Å². The molecule has 0 aromatic rings. The van der Waals surface area contributed by atoms with Gasteiger partial charge >= 0.3 is 5.97 Å². The van der Waals surface area contributed by atoms with E-state index in [0.717, 1.165) is 19.1 Å². The zero-order chi connectivity index (χ0) is 10.3. The van der Waals surface area contributed by atoms with Crippen LogP contribution in [-0.2, 0) is 14.3 Å². The molecule has 1 aliphatic rings.